The van der Waals surface area contributed by atoms with Crippen molar-refractivity contribution >= 4 is 0 Å². The Morgan fingerprint density at radius 2 is 0.889 bits per heavy atom. The molecule has 0 rings (SSSR count). The fraction of sp³-hybridized carbons (Fsp3) is 0.857. The van der Waals surface area contributed by atoms with E-state index in [9.17, 15) is 0 Å². The molecule has 18 heavy (non-hydrogen) atoms. The average Bonchev–Trinajstić information content (AvgIpc) is 2.28. The van der Waals surface area contributed by atoms with Crippen LogP contribution in [0.2, 0.25) is 0 Å². The molecule has 1 nitrogen and oxygen atoms in total. The van der Waals surface area contributed by atoms with E-state index in [1.807, 2.05) is 0 Å². The Morgan fingerprint density at radius 1 is 0.667 bits per heavy atom. The summed E-state index contributed by atoms with van der Waals surface area (Å²) in [5, 5.41) is 0. The molecule has 0 bridgehead atoms. The van der Waals surface area contributed by atoms with E-state index in [1.54, 1.807) is 0 Å². The van der Waals surface area contributed by atoms with Crippen molar-refractivity contribution in [3.63, 3.8) is 0 Å². The first-order valence-electron chi connectivity index (χ1n) is 6.23. The average molecular weight is 764 g/mol. The smallest absolute Gasteiger partial charge is 0.0247 e. The molecule has 0 atom stereocenters. The largest absolute Gasteiger partial charge is 0.386 e. The Morgan fingerprint density at radius 3 is 1.06 bits per heavy atom. The molecular formula is C14H28OW3-2. The Balaban J connectivity index is -0.000000327. The van der Waals surface area contributed by atoms with Crippen molar-refractivity contribution in [2.45, 2.75) is 53.4 Å². The predicted molar refractivity (Wildman–Crippen MR) is 67.6 cm³/mol. The molecule has 0 aliphatic carbocycles. The van der Waals surface area contributed by atoms with Crippen LogP contribution in [0, 0.1) is 24.7 Å². The van der Waals surface area contributed by atoms with E-state index in [0.29, 0.717) is 0 Å². The van der Waals surface area contributed by atoms with Crippen molar-refractivity contribution in [1.29, 1.82) is 0 Å². The van der Waals surface area contributed by atoms with E-state index in [4.69, 9.17) is 4.74 Å². The van der Waals surface area contributed by atoms with Crippen LogP contribution < -0.4 is 0 Å². The fourth-order valence-corrected chi connectivity index (χ4v) is 1.39. The summed E-state index contributed by atoms with van der Waals surface area (Å²) >= 11 is 0. The standard InChI is InChI=1S/C14H28O.3W/c1-7-13(5,8-2)11-15-12-14(6,9-3)10-4;;;/h5-12H2,1-4H3;;;/q-2;;;. The zero-order valence-electron chi connectivity index (χ0n) is 12.3. The van der Waals surface area contributed by atoms with Gasteiger partial charge in [0.25, 0.3) is 0 Å². The van der Waals surface area contributed by atoms with E-state index in [1.165, 1.54) is 0 Å². The van der Waals surface area contributed by atoms with E-state index in [-0.39, 0.29) is 74.0 Å². The van der Waals surface area contributed by atoms with Gasteiger partial charge in [-0.3, -0.25) is 0 Å². The summed E-state index contributed by atoms with van der Waals surface area (Å²) in [6.07, 6.45) is 4.30. The third-order valence-electron chi connectivity index (χ3n) is 3.82. The van der Waals surface area contributed by atoms with Crippen molar-refractivity contribution in [2.75, 3.05) is 13.2 Å². The molecule has 0 radical (unpaired) electrons. The van der Waals surface area contributed by atoms with Crippen LogP contribution >= 0.6 is 0 Å². The number of ether oxygens (including phenoxy) is 1. The third-order valence-corrected chi connectivity index (χ3v) is 3.82. The first kappa shape index (κ1) is 28.2. The molecule has 0 unspecified atom stereocenters. The summed E-state index contributed by atoms with van der Waals surface area (Å²) in [6, 6.07) is 0. The van der Waals surface area contributed by atoms with Gasteiger partial charge in [-0.2, -0.15) is 0 Å². The van der Waals surface area contributed by atoms with Gasteiger partial charge in [0.2, 0.25) is 0 Å². The van der Waals surface area contributed by atoms with Crippen molar-refractivity contribution in [3.05, 3.63) is 13.8 Å². The third kappa shape index (κ3) is 10.8. The van der Waals surface area contributed by atoms with Crippen molar-refractivity contribution in [1.82, 2.24) is 0 Å². The molecule has 0 fully saturated rings. The van der Waals surface area contributed by atoms with Crippen LogP contribution in [-0.4, -0.2) is 13.2 Å². The second-order valence-corrected chi connectivity index (χ2v) is 4.91. The summed E-state index contributed by atoms with van der Waals surface area (Å²) in [5.41, 5.74) is 0.199. The minimum absolute atomic E-state index is 0. The van der Waals surface area contributed by atoms with Crippen LogP contribution in [-0.2, 0) is 67.9 Å². The van der Waals surface area contributed by atoms with Crippen molar-refractivity contribution < 1.29 is 67.9 Å². The maximum absolute atomic E-state index is 5.80. The SMILES string of the molecule is [CH2-]C(CC)(CC)COCC([CH2-])(CC)CC.[W].[W].[W]. The molecule has 0 aromatic carbocycles. The Kier molecular flexibility index (Phi) is 21.9. The maximum atomic E-state index is 5.80. The number of hydrogen-bond donors (Lipinski definition) is 0. The van der Waals surface area contributed by atoms with Gasteiger partial charge in [0, 0.05) is 76.4 Å². The molecule has 0 aromatic heterocycles. The van der Waals surface area contributed by atoms with Gasteiger partial charge in [0.05, 0.1) is 0 Å². The molecular weight excluding hydrogens is 736 g/mol. The molecule has 0 saturated carbocycles. The van der Waals surface area contributed by atoms with Crippen molar-refractivity contribution in [3.8, 4) is 0 Å². The minimum Gasteiger partial charge on any atom is -0.386 e. The van der Waals surface area contributed by atoms with Gasteiger partial charge in [0.15, 0.2) is 0 Å². The second-order valence-electron chi connectivity index (χ2n) is 4.91. The first-order valence-corrected chi connectivity index (χ1v) is 6.23. The molecule has 4 heteroatoms. The summed E-state index contributed by atoms with van der Waals surface area (Å²) in [5.74, 6) is 0. The molecule has 0 heterocycles. The van der Waals surface area contributed by atoms with Crippen LogP contribution in [0.1, 0.15) is 53.4 Å². The van der Waals surface area contributed by atoms with Crippen LogP contribution in [0.5, 0.6) is 0 Å². The molecule has 0 saturated heterocycles. The zero-order chi connectivity index (χ0) is 11.9. The van der Waals surface area contributed by atoms with Gasteiger partial charge in [-0.25, -0.2) is 0 Å². The van der Waals surface area contributed by atoms with Crippen LogP contribution in [0.4, 0.5) is 0 Å². The summed E-state index contributed by atoms with van der Waals surface area (Å²) < 4.78 is 5.80. The first-order chi connectivity index (χ1) is 6.95. The summed E-state index contributed by atoms with van der Waals surface area (Å²) in [4.78, 5) is 0. The molecule has 110 valence electrons. The Bertz CT molecular complexity index is 148. The minimum atomic E-state index is 0. The van der Waals surface area contributed by atoms with Gasteiger partial charge in [0.1, 0.15) is 0 Å². The molecule has 0 spiro atoms. The van der Waals surface area contributed by atoms with Gasteiger partial charge in [-0.15, -0.1) is 10.8 Å². The van der Waals surface area contributed by atoms with E-state index in [2.05, 4.69) is 41.5 Å². The van der Waals surface area contributed by atoms with Gasteiger partial charge in [-0.1, -0.05) is 53.4 Å². The van der Waals surface area contributed by atoms with Crippen LogP contribution in [0.25, 0.3) is 0 Å². The Labute approximate surface area is 158 Å². The number of rotatable bonds is 8. The summed E-state index contributed by atoms with van der Waals surface area (Å²) in [7, 11) is 0. The summed E-state index contributed by atoms with van der Waals surface area (Å²) in [6.45, 7) is 18.7. The predicted octanol–water partition coefficient (Wildman–Crippen LogP) is 4.28. The van der Waals surface area contributed by atoms with Crippen LogP contribution in [0.15, 0.2) is 0 Å². The van der Waals surface area contributed by atoms with Gasteiger partial charge in [-0.05, 0) is 0 Å². The topological polar surface area (TPSA) is 9.23 Å². The normalized spacial score (nSPS) is 11.0. The quantitative estimate of drug-likeness (QED) is 0.336. The molecule has 0 aliphatic heterocycles. The van der Waals surface area contributed by atoms with Gasteiger partial charge < -0.3 is 18.6 Å². The van der Waals surface area contributed by atoms with E-state index in [0.717, 1.165) is 38.9 Å². The zero-order valence-corrected chi connectivity index (χ0v) is 21.1. The molecule has 0 amide bonds. The second kappa shape index (κ2) is 14.0. The van der Waals surface area contributed by atoms with E-state index >= 15 is 0 Å². The fourth-order valence-electron chi connectivity index (χ4n) is 1.39. The van der Waals surface area contributed by atoms with Gasteiger partial charge >= 0.3 is 0 Å². The number of hydrogen-bond acceptors (Lipinski definition) is 1. The van der Waals surface area contributed by atoms with E-state index < -0.39 is 0 Å². The molecule has 0 aromatic rings. The Hall–Kier alpha value is 2.02. The molecule has 0 N–H and O–H groups in total. The maximum Gasteiger partial charge on any atom is 0.0247 e. The van der Waals surface area contributed by atoms with Crippen molar-refractivity contribution in [2.24, 2.45) is 10.8 Å². The van der Waals surface area contributed by atoms with Crippen LogP contribution in [0.3, 0.4) is 0 Å². The molecule has 0 aliphatic rings. The monoisotopic (exact) mass is 764 g/mol.